The number of carbonyl (C=O) groups excluding carboxylic acids is 1. The van der Waals surface area contributed by atoms with Gasteiger partial charge in [0.2, 0.25) is 0 Å². The maximum atomic E-state index is 14.1. The Morgan fingerprint density at radius 2 is 2.18 bits per heavy atom. The van der Waals surface area contributed by atoms with E-state index < -0.39 is 0 Å². The van der Waals surface area contributed by atoms with Crippen LogP contribution in [0.2, 0.25) is 0 Å². The topological polar surface area (TPSA) is 77.0 Å². The summed E-state index contributed by atoms with van der Waals surface area (Å²) in [6.45, 7) is 0.308. The maximum absolute atomic E-state index is 14.1. The number of rotatable bonds is 5. The third kappa shape index (κ3) is 3.68. The highest BCUT2D eigenvalue weighted by Gasteiger charge is 2.28. The maximum Gasteiger partial charge on any atom is 0.254 e. The predicted molar refractivity (Wildman–Crippen MR) is 104 cm³/mol. The van der Waals surface area contributed by atoms with Crippen LogP contribution in [0.1, 0.15) is 15.9 Å². The van der Waals surface area contributed by atoms with Crippen molar-refractivity contribution in [3.05, 3.63) is 66.1 Å². The average Bonchev–Trinajstić information content (AvgIpc) is 3.14. The summed E-state index contributed by atoms with van der Waals surface area (Å²) in [7, 11) is 0. The van der Waals surface area contributed by atoms with E-state index in [1.165, 1.54) is 30.2 Å². The van der Waals surface area contributed by atoms with E-state index in [1.807, 2.05) is 6.26 Å². The quantitative estimate of drug-likeness (QED) is 0.668. The molecule has 1 amide bonds. The first kappa shape index (κ1) is 18.4. The molecule has 1 atom stereocenters. The number of nitrogens with one attached hydrogen (secondary N) is 1. The van der Waals surface area contributed by atoms with Crippen molar-refractivity contribution in [1.29, 1.82) is 0 Å². The monoisotopic (exact) mass is 396 g/mol. The Hall–Kier alpha value is -3.00. The summed E-state index contributed by atoms with van der Waals surface area (Å²) in [5.41, 5.74) is 2.59. The lowest BCUT2D eigenvalue weighted by atomic mass is 10.0. The zero-order valence-corrected chi connectivity index (χ0v) is 15.9. The molecule has 8 heteroatoms. The molecule has 1 N–H and O–H groups in total. The summed E-state index contributed by atoms with van der Waals surface area (Å²) < 4.78 is 20.1. The van der Waals surface area contributed by atoms with Crippen LogP contribution in [0, 0.1) is 5.82 Å². The van der Waals surface area contributed by atoms with Crippen molar-refractivity contribution in [2.24, 2.45) is 0 Å². The Morgan fingerprint density at radius 3 is 2.96 bits per heavy atom. The smallest absolute Gasteiger partial charge is 0.254 e. The molecule has 0 saturated carbocycles. The minimum absolute atomic E-state index is 0.208. The zero-order chi connectivity index (χ0) is 19.5. The van der Waals surface area contributed by atoms with Crippen LogP contribution in [0.3, 0.4) is 0 Å². The number of aromatic nitrogens is 3. The second-order valence-electron chi connectivity index (χ2n) is 6.28. The first-order chi connectivity index (χ1) is 13.7. The van der Waals surface area contributed by atoms with Crippen LogP contribution in [0.5, 0.6) is 5.75 Å². The lowest BCUT2D eigenvalue weighted by Crippen LogP contribution is -2.34. The molecule has 1 aromatic carbocycles. The van der Waals surface area contributed by atoms with Gasteiger partial charge in [-0.3, -0.25) is 4.79 Å². The third-order valence-corrected chi connectivity index (χ3v) is 5.15. The molecule has 3 heterocycles. The highest BCUT2D eigenvalue weighted by Crippen LogP contribution is 2.39. The van der Waals surface area contributed by atoms with Crippen LogP contribution in [0.15, 0.2) is 54.2 Å². The van der Waals surface area contributed by atoms with Crippen molar-refractivity contribution in [1.82, 2.24) is 20.3 Å². The number of halogens is 1. The molecule has 6 nitrogen and oxygen atoms in total. The van der Waals surface area contributed by atoms with Crippen molar-refractivity contribution in [3.63, 3.8) is 0 Å². The molecule has 1 aliphatic rings. The molecular formula is C20H17FN4O2S. The largest absolute Gasteiger partial charge is 0.487 e. The SMILES string of the molecule is CSc1ncccc1C(=O)NCC1Cc2cc(F)cc(-c3cncnc3)c2O1. The molecule has 0 fully saturated rings. The van der Waals surface area contributed by atoms with Crippen molar-refractivity contribution in [2.45, 2.75) is 17.6 Å². The number of carbonyl (C=O) groups is 1. The zero-order valence-electron chi connectivity index (χ0n) is 15.1. The summed E-state index contributed by atoms with van der Waals surface area (Å²) in [5.74, 6) is 0.0624. The molecular weight excluding hydrogens is 379 g/mol. The predicted octanol–water partition coefficient (Wildman–Crippen LogP) is 3.13. The highest BCUT2D eigenvalue weighted by molar-refractivity contribution is 7.98. The molecule has 1 unspecified atom stereocenters. The van der Waals surface area contributed by atoms with Crippen LogP contribution < -0.4 is 10.1 Å². The van der Waals surface area contributed by atoms with Gasteiger partial charge < -0.3 is 10.1 Å². The molecule has 0 bridgehead atoms. The van der Waals surface area contributed by atoms with E-state index in [-0.39, 0.29) is 17.8 Å². The summed E-state index contributed by atoms with van der Waals surface area (Å²) in [6, 6.07) is 6.35. The summed E-state index contributed by atoms with van der Waals surface area (Å²) >= 11 is 1.42. The second-order valence-corrected chi connectivity index (χ2v) is 7.08. The van der Waals surface area contributed by atoms with Gasteiger partial charge in [-0.15, -0.1) is 11.8 Å². The van der Waals surface area contributed by atoms with Gasteiger partial charge in [-0.25, -0.2) is 19.3 Å². The highest BCUT2D eigenvalue weighted by atomic mass is 32.2. The Balaban J connectivity index is 1.49. The number of nitrogens with zero attached hydrogens (tertiary/aromatic N) is 3. The molecule has 0 radical (unpaired) electrons. The lowest BCUT2D eigenvalue weighted by Gasteiger charge is -2.14. The van der Waals surface area contributed by atoms with Crippen LogP contribution >= 0.6 is 11.8 Å². The van der Waals surface area contributed by atoms with E-state index in [4.69, 9.17) is 4.74 Å². The number of hydrogen-bond acceptors (Lipinski definition) is 6. The average molecular weight is 396 g/mol. The van der Waals surface area contributed by atoms with Crippen molar-refractivity contribution in [3.8, 4) is 16.9 Å². The summed E-state index contributed by atoms with van der Waals surface area (Å²) in [4.78, 5) is 24.7. The van der Waals surface area contributed by atoms with E-state index in [0.29, 0.717) is 40.4 Å². The number of pyridine rings is 1. The Kier molecular flexibility index (Phi) is 5.21. The van der Waals surface area contributed by atoms with Gasteiger partial charge in [0.15, 0.2) is 0 Å². The van der Waals surface area contributed by atoms with Crippen molar-refractivity contribution >= 4 is 17.7 Å². The van der Waals surface area contributed by atoms with Gasteiger partial charge >= 0.3 is 0 Å². The molecule has 0 spiro atoms. The fourth-order valence-electron chi connectivity index (χ4n) is 3.19. The molecule has 28 heavy (non-hydrogen) atoms. The number of ether oxygens (including phenoxy) is 1. The van der Waals surface area contributed by atoms with Crippen LogP contribution in [0.4, 0.5) is 4.39 Å². The number of amides is 1. The minimum atomic E-state index is -0.342. The van der Waals surface area contributed by atoms with Gasteiger partial charge in [-0.05, 0) is 30.5 Å². The van der Waals surface area contributed by atoms with E-state index in [0.717, 1.165) is 5.56 Å². The van der Waals surface area contributed by atoms with Crippen molar-refractivity contribution < 1.29 is 13.9 Å². The third-order valence-electron chi connectivity index (χ3n) is 4.43. The minimum Gasteiger partial charge on any atom is -0.487 e. The lowest BCUT2D eigenvalue weighted by molar-refractivity contribution is 0.0930. The fraction of sp³-hybridized carbons (Fsp3) is 0.200. The molecule has 1 aliphatic heterocycles. The number of hydrogen-bond donors (Lipinski definition) is 1. The summed E-state index contributed by atoms with van der Waals surface area (Å²) in [5, 5.41) is 3.56. The Labute approximate surface area is 165 Å². The van der Waals surface area contributed by atoms with E-state index in [2.05, 4.69) is 20.3 Å². The van der Waals surface area contributed by atoms with Gasteiger partial charge in [0.25, 0.3) is 5.91 Å². The molecule has 0 aliphatic carbocycles. The van der Waals surface area contributed by atoms with Gasteiger partial charge in [0.05, 0.1) is 12.1 Å². The first-order valence-electron chi connectivity index (χ1n) is 8.67. The normalized spacial score (nSPS) is 15.0. The van der Waals surface area contributed by atoms with E-state index in [9.17, 15) is 9.18 Å². The van der Waals surface area contributed by atoms with Gasteiger partial charge in [-0.2, -0.15) is 0 Å². The molecule has 2 aromatic heterocycles. The molecule has 0 saturated heterocycles. The standard InChI is InChI=1S/C20H17FN4O2S/c1-28-20-16(3-2-4-24-20)19(26)25-10-15-6-12-5-14(21)7-17(18(12)27-15)13-8-22-11-23-9-13/h2-5,7-9,11,15H,6,10H2,1H3,(H,25,26). The van der Waals surface area contributed by atoms with Crippen LogP contribution in [-0.2, 0) is 6.42 Å². The fourth-order valence-corrected chi connectivity index (χ4v) is 3.74. The summed E-state index contributed by atoms with van der Waals surface area (Å²) in [6.07, 6.45) is 8.42. The van der Waals surface area contributed by atoms with E-state index in [1.54, 1.807) is 30.7 Å². The van der Waals surface area contributed by atoms with Gasteiger partial charge in [0.1, 0.15) is 29.0 Å². The van der Waals surface area contributed by atoms with Gasteiger partial charge in [-0.1, -0.05) is 0 Å². The number of fused-ring (bicyclic) bond motifs is 1. The molecule has 4 rings (SSSR count). The van der Waals surface area contributed by atoms with Crippen molar-refractivity contribution in [2.75, 3.05) is 12.8 Å². The van der Waals surface area contributed by atoms with Gasteiger partial charge in [0, 0.05) is 41.7 Å². The van der Waals surface area contributed by atoms with Crippen LogP contribution in [-0.4, -0.2) is 39.8 Å². The number of thioether (sulfide) groups is 1. The Bertz CT molecular complexity index is 1020. The van der Waals surface area contributed by atoms with E-state index >= 15 is 0 Å². The Morgan fingerprint density at radius 1 is 1.36 bits per heavy atom. The van der Waals surface area contributed by atoms with Crippen LogP contribution in [0.25, 0.3) is 11.1 Å². The number of benzene rings is 1. The second kappa shape index (κ2) is 7.93. The molecule has 142 valence electrons. The first-order valence-corrected chi connectivity index (χ1v) is 9.90. The molecule has 3 aromatic rings.